The van der Waals surface area contributed by atoms with Crippen LogP contribution in [0.25, 0.3) is 0 Å². The fourth-order valence-corrected chi connectivity index (χ4v) is 2.53. The molecule has 0 radical (unpaired) electrons. The quantitative estimate of drug-likeness (QED) is 0.935. The van der Waals surface area contributed by atoms with Crippen molar-refractivity contribution in [1.82, 2.24) is 14.8 Å². The summed E-state index contributed by atoms with van der Waals surface area (Å²) in [5, 5.41) is 4.92. The molecule has 0 amide bonds. The van der Waals surface area contributed by atoms with Crippen molar-refractivity contribution < 1.29 is 0 Å². The van der Waals surface area contributed by atoms with E-state index >= 15 is 0 Å². The summed E-state index contributed by atoms with van der Waals surface area (Å²) >= 11 is 6.23. The largest absolute Gasteiger partial charge is 0.321 e. The van der Waals surface area contributed by atoms with Crippen LogP contribution in [0.1, 0.15) is 38.2 Å². The van der Waals surface area contributed by atoms with Crippen molar-refractivity contribution in [3.05, 3.63) is 47.0 Å². The molecule has 1 unspecified atom stereocenters. The fraction of sp³-hybridized carbons (Fsp3) is 0.429. The lowest BCUT2D eigenvalue weighted by Gasteiger charge is -2.26. The number of hydrogen-bond acceptors (Lipinski definition) is 3. The van der Waals surface area contributed by atoms with E-state index < -0.39 is 5.54 Å². The maximum atomic E-state index is 6.43. The molecule has 0 saturated carbocycles. The summed E-state index contributed by atoms with van der Waals surface area (Å²) in [6.07, 6.45) is 2.16. The van der Waals surface area contributed by atoms with Crippen LogP contribution in [0.5, 0.6) is 0 Å². The van der Waals surface area contributed by atoms with Crippen molar-refractivity contribution in [1.29, 1.82) is 0 Å². The monoisotopic (exact) mass is 278 g/mol. The molecule has 0 aliphatic rings. The minimum absolute atomic E-state index is 0.263. The minimum Gasteiger partial charge on any atom is -0.321 e. The highest BCUT2D eigenvalue weighted by atomic mass is 35.5. The van der Waals surface area contributed by atoms with Gasteiger partial charge in [-0.1, -0.05) is 29.8 Å². The summed E-state index contributed by atoms with van der Waals surface area (Å²) in [4.78, 5) is 4.31. The van der Waals surface area contributed by atoms with Gasteiger partial charge in [0.25, 0.3) is 0 Å². The molecular weight excluding hydrogens is 260 g/mol. The standard InChI is InChI=1S/C14H19ClN4/c1-10(2)19-13(17-9-18-19)8-14(3,16)11-6-4-5-7-12(11)15/h4-7,9-10H,8,16H2,1-3H3. The summed E-state index contributed by atoms with van der Waals surface area (Å²) in [6.45, 7) is 6.11. The van der Waals surface area contributed by atoms with E-state index in [1.807, 2.05) is 35.9 Å². The molecule has 0 spiro atoms. The summed E-state index contributed by atoms with van der Waals surface area (Å²) in [5.41, 5.74) is 6.79. The third-order valence-corrected chi connectivity index (χ3v) is 3.48. The Balaban J connectivity index is 2.31. The second kappa shape index (κ2) is 5.31. The van der Waals surface area contributed by atoms with Crippen LogP contribution < -0.4 is 5.73 Å². The van der Waals surface area contributed by atoms with Gasteiger partial charge >= 0.3 is 0 Å². The van der Waals surface area contributed by atoms with E-state index in [9.17, 15) is 0 Å². The molecule has 2 N–H and O–H groups in total. The van der Waals surface area contributed by atoms with Crippen molar-refractivity contribution in [2.24, 2.45) is 5.73 Å². The molecule has 1 atom stereocenters. The summed E-state index contributed by atoms with van der Waals surface area (Å²) in [5.74, 6) is 0.875. The van der Waals surface area contributed by atoms with Crippen LogP contribution in [0.15, 0.2) is 30.6 Å². The first kappa shape index (κ1) is 14.0. The summed E-state index contributed by atoms with van der Waals surface area (Å²) < 4.78 is 1.89. The molecule has 19 heavy (non-hydrogen) atoms. The van der Waals surface area contributed by atoms with Crippen molar-refractivity contribution in [3.8, 4) is 0 Å². The van der Waals surface area contributed by atoms with E-state index in [1.54, 1.807) is 6.33 Å². The third kappa shape index (κ3) is 2.96. The highest BCUT2D eigenvalue weighted by Gasteiger charge is 2.26. The zero-order valence-electron chi connectivity index (χ0n) is 11.5. The van der Waals surface area contributed by atoms with Crippen LogP contribution >= 0.6 is 11.6 Å². The average molecular weight is 279 g/mol. The molecule has 0 aliphatic carbocycles. The van der Waals surface area contributed by atoms with Gasteiger partial charge in [0, 0.05) is 23.0 Å². The Kier molecular flexibility index (Phi) is 3.92. The van der Waals surface area contributed by atoms with Crippen LogP contribution in [0.2, 0.25) is 5.02 Å². The van der Waals surface area contributed by atoms with Crippen LogP contribution in [-0.4, -0.2) is 14.8 Å². The second-order valence-corrected chi connectivity index (χ2v) is 5.70. The van der Waals surface area contributed by atoms with Gasteiger partial charge in [-0.25, -0.2) is 9.67 Å². The smallest absolute Gasteiger partial charge is 0.138 e. The molecular formula is C14H19ClN4. The Morgan fingerprint density at radius 3 is 2.68 bits per heavy atom. The molecule has 0 fully saturated rings. The van der Waals surface area contributed by atoms with Gasteiger partial charge in [0.1, 0.15) is 12.2 Å². The average Bonchev–Trinajstić information content (AvgIpc) is 2.76. The van der Waals surface area contributed by atoms with Gasteiger partial charge in [-0.3, -0.25) is 0 Å². The van der Waals surface area contributed by atoms with Gasteiger partial charge in [0.2, 0.25) is 0 Å². The van der Waals surface area contributed by atoms with Crippen molar-refractivity contribution >= 4 is 11.6 Å². The predicted octanol–water partition coefficient (Wildman–Crippen LogP) is 2.93. The van der Waals surface area contributed by atoms with Gasteiger partial charge in [-0.05, 0) is 32.4 Å². The van der Waals surface area contributed by atoms with E-state index in [0.29, 0.717) is 11.4 Å². The van der Waals surface area contributed by atoms with Crippen molar-refractivity contribution in [2.75, 3.05) is 0 Å². The lowest BCUT2D eigenvalue weighted by molar-refractivity contribution is 0.433. The topological polar surface area (TPSA) is 56.7 Å². The molecule has 0 saturated heterocycles. The number of nitrogens with zero attached hydrogens (tertiary/aromatic N) is 3. The van der Waals surface area contributed by atoms with Crippen LogP contribution in [0.3, 0.4) is 0 Å². The molecule has 2 aromatic rings. The van der Waals surface area contributed by atoms with E-state index in [2.05, 4.69) is 23.9 Å². The maximum Gasteiger partial charge on any atom is 0.138 e. The van der Waals surface area contributed by atoms with Gasteiger partial charge < -0.3 is 5.73 Å². The third-order valence-electron chi connectivity index (χ3n) is 3.15. The summed E-state index contributed by atoms with van der Waals surface area (Å²) in [7, 11) is 0. The molecule has 102 valence electrons. The molecule has 2 rings (SSSR count). The van der Waals surface area contributed by atoms with E-state index in [0.717, 1.165) is 11.4 Å². The lowest BCUT2D eigenvalue weighted by Crippen LogP contribution is -2.37. The molecule has 1 heterocycles. The van der Waals surface area contributed by atoms with Crippen molar-refractivity contribution in [3.63, 3.8) is 0 Å². The molecule has 4 nitrogen and oxygen atoms in total. The second-order valence-electron chi connectivity index (χ2n) is 5.29. The van der Waals surface area contributed by atoms with Crippen LogP contribution in [-0.2, 0) is 12.0 Å². The summed E-state index contributed by atoms with van der Waals surface area (Å²) in [6, 6.07) is 7.92. The Morgan fingerprint density at radius 2 is 2.05 bits per heavy atom. The number of benzene rings is 1. The Hall–Kier alpha value is -1.39. The number of halogens is 1. The fourth-order valence-electron chi connectivity index (χ4n) is 2.18. The minimum atomic E-state index is -0.571. The molecule has 0 aliphatic heterocycles. The number of hydrogen-bond donors (Lipinski definition) is 1. The van der Waals surface area contributed by atoms with E-state index in [4.69, 9.17) is 17.3 Å². The number of nitrogens with two attached hydrogens (primary N) is 1. The Morgan fingerprint density at radius 1 is 1.37 bits per heavy atom. The molecule has 5 heteroatoms. The Labute approximate surface area is 118 Å². The van der Waals surface area contributed by atoms with Crippen LogP contribution in [0, 0.1) is 0 Å². The van der Waals surface area contributed by atoms with Gasteiger partial charge in [-0.2, -0.15) is 5.10 Å². The van der Waals surface area contributed by atoms with Crippen LogP contribution in [0.4, 0.5) is 0 Å². The van der Waals surface area contributed by atoms with Crippen molar-refractivity contribution in [2.45, 2.75) is 38.8 Å². The number of rotatable bonds is 4. The number of aromatic nitrogens is 3. The zero-order chi connectivity index (χ0) is 14.0. The first-order chi connectivity index (χ1) is 8.92. The van der Waals surface area contributed by atoms with Gasteiger partial charge in [0.15, 0.2) is 0 Å². The lowest BCUT2D eigenvalue weighted by atomic mass is 9.89. The SMILES string of the molecule is CC(C)n1ncnc1CC(C)(N)c1ccccc1Cl. The molecule has 1 aromatic heterocycles. The van der Waals surface area contributed by atoms with Gasteiger partial charge in [0.05, 0.1) is 0 Å². The van der Waals surface area contributed by atoms with E-state index in [1.165, 1.54) is 0 Å². The zero-order valence-corrected chi connectivity index (χ0v) is 12.2. The molecule has 0 bridgehead atoms. The highest BCUT2D eigenvalue weighted by Crippen LogP contribution is 2.28. The molecule has 1 aromatic carbocycles. The highest BCUT2D eigenvalue weighted by molar-refractivity contribution is 6.31. The van der Waals surface area contributed by atoms with E-state index in [-0.39, 0.29) is 6.04 Å². The Bertz CT molecular complexity index is 560. The predicted molar refractivity (Wildman–Crippen MR) is 77.1 cm³/mol. The first-order valence-electron chi connectivity index (χ1n) is 6.34. The maximum absolute atomic E-state index is 6.43. The normalized spacial score (nSPS) is 14.6. The van der Waals surface area contributed by atoms with Gasteiger partial charge in [-0.15, -0.1) is 0 Å². The first-order valence-corrected chi connectivity index (χ1v) is 6.72.